The highest BCUT2D eigenvalue weighted by atomic mass is 32.2. The Kier molecular flexibility index (Phi) is 8.82. The van der Waals surface area contributed by atoms with Gasteiger partial charge in [0.15, 0.2) is 0 Å². The van der Waals surface area contributed by atoms with E-state index in [1.165, 1.54) is 6.26 Å². The van der Waals surface area contributed by atoms with Gasteiger partial charge in [0.25, 0.3) is 0 Å². The van der Waals surface area contributed by atoms with Gasteiger partial charge in [-0.25, -0.2) is 8.42 Å². The van der Waals surface area contributed by atoms with E-state index in [0.29, 0.717) is 12.6 Å². The molecule has 17 heavy (non-hydrogen) atoms. The van der Waals surface area contributed by atoms with Gasteiger partial charge in [0, 0.05) is 25.4 Å². The number of hydrogen-bond acceptors (Lipinski definition) is 4. The summed E-state index contributed by atoms with van der Waals surface area (Å²) in [7, 11) is -0.859. The van der Waals surface area contributed by atoms with Crippen molar-refractivity contribution in [2.45, 2.75) is 39.2 Å². The Balaban J connectivity index is 3.97. The molecule has 0 radical (unpaired) electrons. The van der Waals surface area contributed by atoms with E-state index in [-0.39, 0.29) is 5.75 Å². The van der Waals surface area contributed by atoms with Crippen LogP contribution < -0.4 is 5.32 Å². The van der Waals surface area contributed by atoms with Crippen LogP contribution in [0.25, 0.3) is 0 Å². The van der Waals surface area contributed by atoms with Crippen LogP contribution in [0, 0.1) is 0 Å². The third kappa shape index (κ3) is 10.7. The van der Waals surface area contributed by atoms with Crippen molar-refractivity contribution in [2.75, 3.05) is 38.7 Å². The van der Waals surface area contributed by atoms with Crippen LogP contribution in [0.5, 0.6) is 0 Å². The summed E-state index contributed by atoms with van der Waals surface area (Å²) >= 11 is 0. The third-order valence-corrected chi connectivity index (χ3v) is 3.62. The first kappa shape index (κ1) is 16.9. The van der Waals surface area contributed by atoms with Crippen LogP contribution in [0.2, 0.25) is 0 Å². The lowest BCUT2D eigenvalue weighted by Gasteiger charge is -2.24. The Hall–Kier alpha value is -0.130. The van der Waals surface area contributed by atoms with Crippen molar-refractivity contribution in [3.05, 3.63) is 0 Å². The van der Waals surface area contributed by atoms with Crippen LogP contribution in [0.15, 0.2) is 0 Å². The molecular weight excluding hydrogens is 236 g/mol. The molecule has 0 aliphatic rings. The Morgan fingerprint density at radius 1 is 1.24 bits per heavy atom. The molecule has 1 atom stereocenters. The summed E-state index contributed by atoms with van der Waals surface area (Å²) < 4.78 is 22.2. The number of hydrogen-bond donors (Lipinski definition) is 1. The molecule has 0 bridgehead atoms. The predicted octanol–water partition coefficient (Wildman–Crippen LogP) is 1.13. The summed E-state index contributed by atoms with van der Waals surface area (Å²) in [6.07, 6.45) is 4.72. The molecule has 0 aliphatic carbocycles. The van der Waals surface area contributed by atoms with Crippen LogP contribution in [-0.4, -0.2) is 58.1 Å². The summed E-state index contributed by atoms with van der Waals surface area (Å²) in [6, 6.07) is 0.476. The topological polar surface area (TPSA) is 49.4 Å². The highest BCUT2D eigenvalue weighted by Gasteiger charge is 2.11. The normalized spacial score (nSPS) is 14.2. The minimum Gasteiger partial charge on any atom is -0.313 e. The average molecular weight is 264 g/mol. The van der Waals surface area contributed by atoms with Crippen LogP contribution >= 0.6 is 0 Å². The van der Waals surface area contributed by atoms with E-state index in [4.69, 9.17) is 0 Å². The van der Waals surface area contributed by atoms with Crippen LogP contribution in [0.4, 0.5) is 0 Å². The molecule has 0 saturated heterocycles. The molecule has 104 valence electrons. The molecule has 4 nitrogen and oxygen atoms in total. The van der Waals surface area contributed by atoms with E-state index in [0.717, 1.165) is 32.4 Å². The first-order valence-corrected chi connectivity index (χ1v) is 8.54. The monoisotopic (exact) mass is 264 g/mol. The lowest BCUT2D eigenvalue weighted by molar-refractivity contribution is 0.292. The number of nitrogens with one attached hydrogen (secondary N) is 1. The summed E-state index contributed by atoms with van der Waals surface area (Å²) in [5.74, 6) is 0.246. The molecule has 0 aliphatic heterocycles. The fourth-order valence-electron chi connectivity index (χ4n) is 1.74. The highest BCUT2D eigenvalue weighted by Crippen LogP contribution is 2.00. The van der Waals surface area contributed by atoms with Gasteiger partial charge in [-0.2, -0.15) is 0 Å². The lowest BCUT2D eigenvalue weighted by atomic mass is 10.1. The van der Waals surface area contributed by atoms with E-state index in [1.807, 2.05) is 7.05 Å². The maximum Gasteiger partial charge on any atom is 0.148 e. The van der Waals surface area contributed by atoms with Crippen molar-refractivity contribution in [1.82, 2.24) is 10.2 Å². The first-order chi connectivity index (χ1) is 7.89. The summed E-state index contributed by atoms with van der Waals surface area (Å²) in [6.45, 7) is 6.90. The molecule has 0 rings (SSSR count). The predicted molar refractivity (Wildman–Crippen MR) is 74.2 cm³/mol. The first-order valence-electron chi connectivity index (χ1n) is 6.48. The number of sulfone groups is 1. The fraction of sp³-hybridized carbons (Fsp3) is 1.00. The second kappa shape index (κ2) is 8.89. The van der Waals surface area contributed by atoms with Gasteiger partial charge >= 0.3 is 0 Å². The molecule has 0 saturated carbocycles. The zero-order chi connectivity index (χ0) is 13.3. The van der Waals surface area contributed by atoms with E-state index in [9.17, 15) is 8.42 Å². The smallest absolute Gasteiger partial charge is 0.148 e. The van der Waals surface area contributed by atoms with Crippen LogP contribution in [-0.2, 0) is 9.84 Å². The molecule has 0 aromatic heterocycles. The van der Waals surface area contributed by atoms with Gasteiger partial charge in [0.1, 0.15) is 9.84 Å². The van der Waals surface area contributed by atoms with Crippen molar-refractivity contribution in [1.29, 1.82) is 0 Å². The average Bonchev–Trinajstić information content (AvgIpc) is 2.22. The van der Waals surface area contributed by atoms with Crippen molar-refractivity contribution in [2.24, 2.45) is 0 Å². The van der Waals surface area contributed by atoms with E-state index >= 15 is 0 Å². The maximum absolute atomic E-state index is 11.1. The third-order valence-electron chi connectivity index (χ3n) is 2.70. The van der Waals surface area contributed by atoms with Crippen molar-refractivity contribution in [3.8, 4) is 0 Å². The minimum absolute atomic E-state index is 0.246. The second-order valence-corrected chi connectivity index (χ2v) is 7.09. The largest absolute Gasteiger partial charge is 0.313 e. The number of rotatable bonds is 10. The van der Waals surface area contributed by atoms with Crippen molar-refractivity contribution < 1.29 is 8.42 Å². The molecule has 0 heterocycles. The van der Waals surface area contributed by atoms with Gasteiger partial charge in [-0.3, -0.25) is 0 Å². The van der Waals surface area contributed by atoms with Crippen LogP contribution in [0.3, 0.4) is 0 Å². The Morgan fingerprint density at radius 2 is 1.88 bits per heavy atom. The van der Waals surface area contributed by atoms with Crippen molar-refractivity contribution in [3.63, 3.8) is 0 Å². The highest BCUT2D eigenvalue weighted by molar-refractivity contribution is 7.90. The molecule has 0 amide bonds. The SMILES string of the molecule is CCCNC(CCC)CN(C)CCS(C)(=O)=O. The number of nitrogens with zero attached hydrogens (tertiary/aromatic N) is 1. The second-order valence-electron chi connectivity index (χ2n) is 4.83. The molecule has 0 aromatic carbocycles. The van der Waals surface area contributed by atoms with Crippen molar-refractivity contribution >= 4 is 9.84 Å². The zero-order valence-corrected chi connectivity index (χ0v) is 12.5. The van der Waals surface area contributed by atoms with Gasteiger partial charge < -0.3 is 10.2 Å². The molecule has 0 aromatic rings. The molecule has 1 unspecified atom stereocenters. The van der Waals surface area contributed by atoms with E-state index in [1.54, 1.807) is 0 Å². The van der Waals surface area contributed by atoms with Gasteiger partial charge in [0.05, 0.1) is 5.75 Å². The maximum atomic E-state index is 11.1. The standard InChI is InChI=1S/C12H28N2O2S/c1-5-7-12(13-8-6-2)11-14(3)9-10-17(4,15)16/h12-13H,5-11H2,1-4H3. The molecule has 0 fully saturated rings. The molecule has 1 N–H and O–H groups in total. The Morgan fingerprint density at radius 3 is 2.35 bits per heavy atom. The van der Waals surface area contributed by atoms with Gasteiger partial charge in [-0.05, 0) is 26.4 Å². The quantitative estimate of drug-likeness (QED) is 0.643. The van der Waals surface area contributed by atoms with Gasteiger partial charge in [-0.1, -0.05) is 20.3 Å². The summed E-state index contributed by atoms with van der Waals surface area (Å²) in [5.41, 5.74) is 0. The lowest BCUT2D eigenvalue weighted by Crippen LogP contribution is -2.41. The molecule has 0 spiro atoms. The summed E-state index contributed by atoms with van der Waals surface area (Å²) in [4.78, 5) is 2.10. The van der Waals surface area contributed by atoms with E-state index < -0.39 is 9.84 Å². The molecule has 5 heteroatoms. The Bertz CT molecular complexity index is 278. The van der Waals surface area contributed by atoms with E-state index in [2.05, 4.69) is 24.1 Å². The van der Waals surface area contributed by atoms with Gasteiger partial charge in [0.2, 0.25) is 0 Å². The molecular formula is C12H28N2O2S. The minimum atomic E-state index is -2.85. The Labute approximate surface area is 107 Å². The van der Waals surface area contributed by atoms with Crippen LogP contribution in [0.1, 0.15) is 33.1 Å². The van der Waals surface area contributed by atoms with Gasteiger partial charge in [-0.15, -0.1) is 0 Å². The number of likely N-dealkylation sites (N-methyl/N-ethyl adjacent to an activating group) is 1. The zero-order valence-electron chi connectivity index (χ0n) is 11.7. The summed E-state index contributed by atoms with van der Waals surface area (Å²) in [5, 5.41) is 3.51. The fourth-order valence-corrected chi connectivity index (χ4v) is 2.39.